The Bertz CT molecular complexity index is 740. The summed E-state index contributed by atoms with van der Waals surface area (Å²) in [4.78, 5) is 14.5. The molecule has 0 saturated carbocycles. The number of rotatable bonds is 2. The standard InChI is InChI=1S/C20H24N2O/c1-19(2,3)18(23)14(13-21)11-12-17-20(4,5)15-9-7-8-10-16(15)22(17)6/h7-12H,1-6H3/b14-11+,17-12-. The summed E-state index contributed by atoms with van der Waals surface area (Å²) in [5.74, 6) is -0.132. The third-order valence-electron chi connectivity index (χ3n) is 4.39. The van der Waals surface area contributed by atoms with Crippen LogP contribution < -0.4 is 4.90 Å². The molecule has 2 rings (SSSR count). The minimum atomic E-state index is -0.555. The minimum Gasteiger partial charge on any atom is -0.347 e. The first-order chi connectivity index (χ1) is 10.6. The highest BCUT2D eigenvalue weighted by Crippen LogP contribution is 2.46. The first-order valence-corrected chi connectivity index (χ1v) is 7.81. The quantitative estimate of drug-likeness (QED) is 0.602. The number of nitrogens with zero attached hydrogens (tertiary/aromatic N) is 2. The van der Waals surface area contributed by atoms with Gasteiger partial charge in [-0.3, -0.25) is 4.79 Å². The number of allylic oxidation sites excluding steroid dienone is 4. The maximum absolute atomic E-state index is 12.3. The number of ketones is 1. The summed E-state index contributed by atoms with van der Waals surface area (Å²) < 4.78 is 0. The van der Waals surface area contributed by atoms with Gasteiger partial charge in [0.1, 0.15) is 6.07 Å². The Balaban J connectivity index is 2.47. The molecule has 0 amide bonds. The van der Waals surface area contributed by atoms with E-state index in [9.17, 15) is 10.1 Å². The van der Waals surface area contributed by atoms with Crippen LogP contribution in [0.25, 0.3) is 0 Å². The van der Waals surface area contributed by atoms with Crippen LogP contribution in [0, 0.1) is 16.7 Å². The molecule has 3 nitrogen and oxygen atoms in total. The molecule has 0 unspecified atom stereocenters. The van der Waals surface area contributed by atoms with Crippen molar-refractivity contribution in [3.8, 4) is 6.07 Å². The van der Waals surface area contributed by atoms with Gasteiger partial charge in [-0.25, -0.2) is 0 Å². The SMILES string of the molecule is CN1/C(=C\C=C(/C#N)C(=O)C(C)(C)C)C(C)(C)c2ccccc21. The summed E-state index contributed by atoms with van der Waals surface area (Å²) in [5.41, 5.74) is 2.98. The van der Waals surface area contributed by atoms with E-state index in [1.165, 1.54) is 5.56 Å². The normalized spacial score (nSPS) is 18.7. The smallest absolute Gasteiger partial charge is 0.178 e. The zero-order chi connectivity index (χ0) is 17.4. The maximum atomic E-state index is 12.3. The largest absolute Gasteiger partial charge is 0.347 e. The van der Waals surface area contributed by atoms with Crippen molar-refractivity contribution in [3.05, 3.63) is 53.3 Å². The fraction of sp³-hybridized carbons (Fsp3) is 0.400. The van der Waals surface area contributed by atoms with Gasteiger partial charge in [-0.1, -0.05) is 52.8 Å². The number of anilines is 1. The molecular formula is C20H24N2O. The molecular weight excluding hydrogens is 284 g/mol. The predicted octanol–water partition coefficient (Wildman–Crippen LogP) is 4.36. The van der Waals surface area contributed by atoms with Crippen LogP contribution in [0.2, 0.25) is 0 Å². The van der Waals surface area contributed by atoms with Gasteiger partial charge in [-0.05, 0) is 23.8 Å². The number of para-hydroxylation sites is 1. The third kappa shape index (κ3) is 2.94. The zero-order valence-electron chi connectivity index (χ0n) is 14.8. The maximum Gasteiger partial charge on any atom is 0.178 e. The number of nitriles is 1. The van der Waals surface area contributed by atoms with Gasteiger partial charge in [-0.15, -0.1) is 0 Å². The highest BCUT2D eigenvalue weighted by molar-refractivity contribution is 6.02. The number of benzene rings is 1. The van der Waals surface area contributed by atoms with Crippen molar-refractivity contribution in [3.63, 3.8) is 0 Å². The molecule has 0 aromatic heterocycles. The summed E-state index contributed by atoms with van der Waals surface area (Å²) >= 11 is 0. The number of likely N-dealkylation sites (N-methyl/N-ethyl adjacent to an activating group) is 1. The monoisotopic (exact) mass is 308 g/mol. The second-order valence-electron chi connectivity index (χ2n) is 7.52. The molecule has 23 heavy (non-hydrogen) atoms. The average Bonchev–Trinajstić information content (AvgIpc) is 2.67. The van der Waals surface area contributed by atoms with Gasteiger partial charge in [0, 0.05) is 29.3 Å². The van der Waals surface area contributed by atoms with E-state index in [0.717, 1.165) is 11.4 Å². The Morgan fingerprint density at radius 1 is 1.26 bits per heavy atom. The predicted molar refractivity (Wildman–Crippen MR) is 94.1 cm³/mol. The summed E-state index contributed by atoms with van der Waals surface area (Å²) in [5, 5.41) is 9.32. The lowest BCUT2D eigenvalue weighted by Gasteiger charge is -2.24. The van der Waals surface area contributed by atoms with Crippen LogP contribution in [0.3, 0.4) is 0 Å². The lowest BCUT2D eigenvalue weighted by Crippen LogP contribution is -2.23. The molecule has 1 heterocycles. The number of carbonyl (C=O) groups excluding carboxylic acids is 1. The van der Waals surface area contributed by atoms with E-state index >= 15 is 0 Å². The van der Waals surface area contributed by atoms with Gasteiger partial charge in [-0.2, -0.15) is 5.26 Å². The van der Waals surface area contributed by atoms with Crippen molar-refractivity contribution in [1.82, 2.24) is 0 Å². The Kier molecular flexibility index (Phi) is 4.22. The summed E-state index contributed by atoms with van der Waals surface area (Å²) in [6.07, 6.45) is 3.56. The van der Waals surface area contributed by atoms with Crippen molar-refractivity contribution < 1.29 is 4.79 Å². The molecule has 0 fully saturated rings. The Labute approximate surface area is 138 Å². The van der Waals surface area contributed by atoms with E-state index < -0.39 is 5.41 Å². The molecule has 1 aromatic rings. The molecule has 3 heteroatoms. The fourth-order valence-electron chi connectivity index (χ4n) is 3.03. The van der Waals surface area contributed by atoms with Crippen molar-refractivity contribution in [1.29, 1.82) is 5.26 Å². The lowest BCUT2D eigenvalue weighted by molar-refractivity contribution is -0.122. The van der Waals surface area contributed by atoms with Crippen molar-refractivity contribution in [2.24, 2.45) is 5.41 Å². The van der Waals surface area contributed by atoms with Crippen LogP contribution in [0.15, 0.2) is 47.7 Å². The molecule has 0 atom stereocenters. The molecule has 0 bridgehead atoms. The van der Waals surface area contributed by atoms with Gasteiger partial charge >= 0.3 is 0 Å². The number of hydrogen-bond donors (Lipinski definition) is 0. The number of carbonyl (C=O) groups is 1. The van der Waals surface area contributed by atoms with Crippen LogP contribution in [0.1, 0.15) is 40.2 Å². The summed E-state index contributed by atoms with van der Waals surface area (Å²) in [6.45, 7) is 9.80. The van der Waals surface area contributed by atoms with Crippen LogP contribution >= 0.6 is 0 Å². The van der Waals surface area contributed by atoms with Gasteiger partial charge in [0.05, 0.1) is 5.57 Å². The first-order valence-electron chi connectivity index (χ1n) is 7.81. The lowest BCUT2D eigenvalue weighted by atomic mass is 9.83. The van der Waals surface area contributed by atoms with Crippen LogP contribution in [-0.2, 0) is 10.2 Å². The molecule has 1 aliphatic rings. The summed E-state index contributed by atoms with van der Waals surface area (Å²) in [6, 6.07) is 10.3. The number of fused-ring (bicyclic) bond motifs is 1. The number of hydrogen-bond acceptors (Lipinski definition) is 3. The summed E-state index contributed by atoms with van der Waals surface area (Å²) in [7, 11) is 2.02. The minimum absolute atomic E-state index is 0.132. The molecule has 0 N–H and O–H groups in total. The Morgan fingerprint density at radius 3 is 2.39 bits per heavy atom. The molecule has 0 saturated heterocycles. The van der Waals surface area contributed by atoms with Crippen molar-refractivity contribution >= 4 is 11.5 Å². The Morgan fingerprint density at radius 2 is 1.87 bits per heavy atom. The van der Waals surface area contributed by atoms with E-state index in [-0.39, 0.29) is 16.8 Å². The second kappa shape index (κ2) is 5.70. The number of Topliss-reactive ketones (excluding diaryl/α,β-unsaturated/α-hetero) is 1. The molecule has 0 aliphatic carbocycles. The first kappa shape index (κ1) is 17.0. The Hall–Kier alpha value is -2.34. The van der Waals surface area contributed by atoms with Crippen molar-refractivity contribution in [2.75, 3.05) is 11.9 Å². The molecule has 1 aromatic carbocycles. The van der Waals surface area contributed by atoms with Crippen LogP contribution in [0.4, 0.5) is 5.69 Å². The van der Waals surface area contributed by atoms with E-state index in [1.54, 1.807) is 6.08 Å². The van der Waals surface area contributed by atoms with Gasteiger partial charge in [0.2, 0.25) is 0 Å². The van der Waals surface area contributed by atoms with Gasteiger partial charge in [0.25, 0.3) is 0 Å². The van der Waals surface area contributed by atoms with E-state index in [4.69, 9.17) is 0 Å². The molecule has 0 spiro atoms. The highest BCUT2D eigenvalue weighted by Gasteiger charge is 2.37. The molecule has 1 aliphatic heterocycles. The average molecular weight is 308 g/mol. The van der Waals surface area contributed by atoms with E-state index in [1.807, 2.05) is 52.1 Å². The van der Waals surface area contributed by atoms with Gasteiger partial charge < -0.3 is 4.90 Å². The molecule has 120 valence electrons. The van der Waals surface area contributed by atoms with Crippen LogP contribution in [-0.4, -0.2) is 12.8 Å². The topological polar surface area (TPSA) is 44.1 Å². The zero-order valence-corrected chi connectivity index (χ0v) is 14.8. The highest BCUT2D eigenvalue weighted by atomic mass is 16.1. The van der Waals surface area contributed by atoms with E-state index in [0.29, 0.717) is 0 Å². The third-order valence-corrected chi connectivity index (χ3v) is 4.39. The van der Waals surface area contributed by atoms with Crippen LogP contribution in [0.5, 0.6) is 0 Å². The van der Waals surface area contributed by atoms with E-state index in [2.05, 4.69) is 30.9 Å². The second-order valence-corrected chi connectivity index (χ2v) is 7.52. The van der Waals surface area contributed by atoms with Gasteiger partial charge in [0.15, 0.2) is 5.78 Å². The fourth-order valence-corrected chi connectivity index (χ4v) is 3.03. The molecule has 0 radical (unpaired) electrons. The van der Waals surface area contributed by atoms with Crippen molar-refractivity contribution in [2.45, 2.75) is 40.0 Å².